The lowest BCUT2D eigenvalue weighted by molar-refractivity contribution is -0.118. The molecule has 1 aliphatic rings. The normalized spacial score (nSPS) is 16.8. The average molecular weight is 379 g/mol. The molecule has 0 saturated heterocycles. The van der Waals surface area contributed by atoms with Gasteiger partial charge in [-0.15, -0.1) is 0 Å². The number of aryl methyl sites for hydroxylation is 1. The van der Waals surface area contributed by atoms with Crippen molar-refractivity contribution in [1.29, 1.82) is 0 Å². The van der Waals surface area contributed by atoms with Gasteiger partial charge < -0.3 is 15.8 Å². The number of halogens is 1. The number of aromatic nitrogens is 2. The fourth-order valence-electron chi connectivity index (χ4n) is 2.86. The molecular weight excluding hydrogens is 361 g/mol. The largest absolute Gasteiger partial charge is 0.409 e. The number of nitrogens with zero attached hydrogens (tertiary/aromatic N) is 3. The topological polar surface area (TPSA) is 113 Å². The van der Waals surface area contributed by atoms with Gasteiger partial charge in [-0.05, 0) is 52.8 Å². The summed E-state index contributed by atoms with van der Waals surface area (Å²) in [6.45, 7) is 0. The monoisotopic (exact) mass is 379 g/mol. The third-order valence-corrected chi connectivity index (χ3v) is 5.08. The quantitative estimate of drug-likeness (QED) is 0.239. The van der Waals surface area contributed by atoms with Gasteiger partial charge in [-0.25, -0.2) is 9.02 Å². The first-order valence-electron chi connectivity index (χ1n) is 8.05. The Morgan fingerprint density at radius 2 is 2.35 bits per heavy atom. The first-order chi connectivity index (χ1) is 12.6. The third-order valence-electron chi connectivity index (χ3n) is 4.13. The molecular formula is C16H18FN5O3S. The molecule has 0 spiro atoms. The van der Waals surface area contributed by atoms with Crippen LogP contribution in [0.1, 0.15) is 35.7 Å². The Bertz CT molecular complexity index is 826. The van der Waals surface area contributed by atoms with Crippen LogP contribution in [0.2, 0.25) is 0 Å². The van der Waals surface area contributed by atoms with Crippen LogP contribution in [0.5, 0.6) is 0 Å². The van der Waals surface area contributed by atoms with Gasteiger partial charge in [0, 0.05) is 7.05 Å². The molecule has 1 heterocycles. The molecule has 26 heavy (non-hydrogen) atoms. The number of hydrogen-bond acceptors (Lipinski definition) is 7. The number of hydrogen-bond donors (Lipinski definition) is 3. The molecule has 1 aromatic carbocycles. The lowest BCUT2D eigenvalue weighted by Gasteiger charge is -2.27. The van der Waals surface area contributed by atoms with Crippen LogP contribution in [-0.2, 0) is 11.2 Å². The van der Waals surface area contributed by atoms with Crippen LogP contribution in [0.3, 0.4) is 0 Å². The van der Waals surface area contributed by atoms with Crippen LogP contribution in [-0.4, -0.2) is 40.1 Å². The third kappa shape index (κ3) is 3.96. The molecule has 1 aliphatic carbocycles. The van der Waals surface area contributed by atoms with Gasteiger partial charge in [0.05, 0.1) is 11.8 Å². The number of amides is 1. The number of benzene rings is 1. The van der Waals surface area contributed by atoms with Crippen LogP contribution in [0.4, 0.5) is 4.39 Å². The Labute approximate surface area is 153 Å². The minimum atomic E-state index is -0.315. The number of amidine groups is 1. The highest BCUT2D eigenvalue weighted by Gasteiger charge is 2.25. The van der Waals surface area contributed by atoms with Gasteiger partial charge in [-0.1, -0.05) is 23.0 Å². The maximum absolute atomic E-state index is 13.6. The Hall–Kier alpha value is -2.62. The summed E-state index contributed by atoms with van der Waals surface area (Å²) in [6.07, 6.45) is 2.55. The highest BCUT2D eigenvalue weighted by Crippen LogP contribution is 2.31. The van der Waals surface area contributed by atoms with Crippen LogP contribution in [0.15, 0.2) is 33.0 Å². The summed E-state index contributed by atoms with van der Waals surface area (Å²) in [5.74, 6) is -0.317. The van der Waals surface area contributed by atoms with E-state index >= 15 is 0 Å². The fraction of sp³-hybridized carbons (Fsp3) is 0.375. The van der Waals surface area contributed by atoms with E-state index in [-0.39, 0.29) is 35.0 Å². The summed E-state index contributed by atoms with van der Waals surface area (Å²) in [7, 11) is 1.53. The molecule has 1 unspecified atom stereocenters. The number of carbonyl (C=O) groups excluding carboxylic acids is 1. The molecule has 8 nitrogen and oxygen atoms in total. The molecule has 1 amide bonds. The zero-order valence-electron chi connectivity index (χ0n) is 14.0. The van der Waals surface area contributed by atoms with Crippen molar-refractivity contribution in [3.63, 3.8) is 0 Å². The van der Waals surface area contributed by atoms with Crippen molar-refractivity contribution < 1.29 is 19.0 Å². The SMILES string of the molecule is CNC(=O)CSc1nonc1/C(=N/O)NC1CCCc2ccc(F)cc21. The lowest BCUT2D eigenvalue weighted by Crippen LogP contribution is -2.32. The van der Waals surface area contributed by atoms with Crippen molar-refractivity contribution in [3.05, 3.63) is 40.8 Å². The van der Waals surface area contributed by atoms with E-state index in [9.17, 15) is 14.4 Å². The van der Waals surface area contributed by atoms with E-state index in [4.69, 9.17) is 4.63 Å². The second-order valence-electron chi connectivity index (χ2n) is 5.76. The maximum Gasteiger partial charge on any atom is 0.230 e. The molecule has 3 rings (SSSR count). The van der Waals surface area contributed by atoms with Gasteiger partial charge in [0.1, 0.15) is 5.82 Å². The van der Waals surface area contributed by atoms with Gasteiger partial charge in [-0.3, -0.25) is 4.79 Å². The van der Waals surface area contributed by atoms with E-state index in [2.05, 4.69) is 26.1 Å². The predicted molar refractivity (Wildman–Crippen MR) is 92.6 cm³/mol. The van der Waals surface area contributed by atoms with Crippen LogP contribution in [0.25, 0.3) is 0 Å². The zero-order valence-corrected chi connectivity index (χ0v) is 14.8. The van der Waals surface area contributed by atoms with E-state index < -0.39 is 0 Å². The molecule has 0 bridgehead atoms. The van der Waals surface area contributed by atoms with Gasteiger partial charge in [-0.2, -0.15) is 0 Å². The van der Waals surface area contributed by atoms with E-state index in [0.29, 0.717) is 5.03 Å². The van der Waals surface area contributed by atoms with Crippen molar-refractivity contribution in [2.45, 2.75) is 30.3 Å². The molecule has 138 valence electrons. The summed E-state index contributed by atoms with van der Waals surface area (Å²) >= 11 is 1.11. The first kappa shape index (κ1) is 18.2. The number of nitrogens with one attached hydrogen (secondary N) is 2. The van der Waals surface area contributed by atoms with Crippen molar-refractivity contribution in [2.24, 2.45) is 5.16 Å². The smallest absolute Gasteiger partial charge is 0.230 e. The van der Waals surface area contributed by atoms with Crippen molar-refractivity contribution in [2.75, 3.05) is 12.8 Å². The number of thioether (sulfide) groups is 1. The number of oxime groups is 1. The van der Waals surface area contributed by atoms with Crippen molar-refractivity contribution >= 4 is 23.5 Å². The molecule has 0 saturated carbocycles. The van der Waals surface area contributed by atoms with Crippen LogP contribution < -0.4 is 10.6 Å². The standard InChI is InChI=1S/C16H18FN5O3S/c1-18-13(23)8-26-16-14(21-25-22-16)15(20-24)19-12-4-2-3-9-5-6-10(17)7-11(9)12/h5-7,12,24H,2-4,8H2,1H3,(H,18,23)(H,19,20). The number of fused-ring (bicyclic) bond motifs is 1. The molecule has 0 aliphatic heterocycles. The highest BCUT2D eigenvalue weighted by atomic mass is 32.2. The lowest BCUT2D eigenvalue weighted by atomic mass is 9.87. The number of carbonyl (C=O) groups is 1. The minimum Gasteiger partial charge on any atom is -0.409 e. The molecule has 2 aromatic rings. The summed E-state index contributed by atoms with van der Waals surface area (Å²) in [5, 5.41) is 26.1. The second-order valence-corrected chi connectivity index (χ2v) is 6.72. The molecule has 1 aromatic heterocycles. The first-order valence-corrected chi connectivity index (χ1v) is 9.04. The van der Waals surface area contributed by atoms with Crippen molar-refractivity contribution in [1.82, 2.24) is 20.9 Å². The Balaban J connectivity index is 1.79. The Morgan fingerprint density at radius 1 is 1.50 bits per heavy atom. The van der Waals surface area contributed by atoms with Gasteiger partial charge in [0.2, 0.25) is 5.91 Å². The van der Waals surface area contributed by atoms with Gasteiger partial charge in [0.15, 0.2) is 16.6 Å². The van der Waals surface area contributed by atoms with Crippen molar-refractivity contribution in [3.8, 4) is 0 Å². The summed E-state index contributed by atoms with van der Waals surface area (Å²) in [6, 6.07) is 4.48. The molecule has 10 heteroatoms. The summed E-state index contributed by atoms with van der Waals surface area (Å²) < 4.78 is 18.4. The Kier molecular flexibility index (Phi) is 5.71. The fourth-order valence-corrected chi connectivity index (χ4v) is 3.62. The van der Waals surface area contributed by atoms with Gasteiger partial charge in [0.25, 0.3) is 0 Å². The Morgan fingerprint density at radius 3 is 3.12 bits per heavy atom. The molecule has 0 radical (unpaired) electrons. The molecule has 0 fully saturated rings. The maximum atomic E-state index is 13.6. The minimum absolute atomic E-state index is 0.0627. The second kappa shape index (κ2) is 8.17. The summed E-state index contributed by atoms with van der Waals surface area (Å²) in [4.78, 5) is 11.4. The van der Waals surface area contributed by atoms with Crippen LogP contribution in [0, 0.1) is 5.82 Å². The predicted octanol–water partition coefficient (Wildman–Crippen LogP) is 1.85. The van der Waals surface area contributed by atoms with E-state index in [1.807, 2.05) is 0 Å². The highest BCUT2D eigenvalue weighted by molar-refractivity contribution is 8.00. The molecule has 3 N–H and O–H groups in total. The zero-order chi connectivity index (χ0) is 18.5. The van der Waals surface area contributed by atoms with E-state index in [0.717, 1.165) is 42.2 Å². The summed E-state index contributed by atoms with van der Waals surface area (Å²) in [5.41, 5.74) is 2.08. The van der Waals surface area contributed by atoms with E-state index in [1.54, 1.807) is 6.07 Å². The van der Waals surface area contributed by atoms with Crippen LogP contribution >= 0.6 is 11.8 Å². The van der Waals surface area contributed by atoms with Gasteiger partial charge >= 0.3 is 0 Å². The molecule has 1 atom stereocenters. The van der Waals surface area contributed by atoms with E-state index in [1.165, 1.54) is 19.2 Å². The number of rotatable bonds is 5. The average Bonchev–Trinajstić information content (AvgIpc) is 3.12.